The average Bonchev–Trinajstić information content (AvgIpc) is 2.65. The lowest BCUT2D eigenvalue weighted by Crippen LogP contribution is -2.44. The van der Waals surface area contributed by atoms with E-state index in [2.05, 4.69) is 38.2 Å². The Morgan fingerprint density at radius 2 is 1.71 bits per heavy atom. The van der Waals surface area contributed by atoms with Gasteiger partial charge < -0.3 is 14.8 Å². The van der Waals surface area contributed by atoms with Gasteiger partial charge in [0.15, 0.2) is 6.10 Å². The van der Waals surface area contributed by atoms with Crippen LogP contribution in [0.1, 0.15) is 52.2 Å². The highest BCUT2D eigenvalue weighted by atomic mass is 16.5. The number of rotatable bonds is 8. The van der Waals surface area contributed by atoms with Gasteiger partial charge in [-0.25, -0.2) is 0 Å². The van der Waals surface area contributed by atoms with Crippen molar-refractivity contribution in [1.29, 1.82) is 0 Å². The van der Waals surface area contributed by atoms with Crippen LogP contribution >= 0.6 is 0 Å². The highest BCUT2D eigenvalue weighted by molar-refractivity contribution is 5.81. The van der Waals surface area contributed by atoms with Crippen molar-refractivity contribution in [3.8, 4) is 11.5 Å². The van der Waals surface area contributed by atoms with Crippen LogP contribution in [-0.4, -0.2) is 24.7 Å². The third-order valence-electron chi connectivity index (χ3n) is 4.63. The molecule has 1 amide bonds. The van der Waals surface area contributed by atoms with E-state index in [1.54, 1.807) is 0 Å². The number of nitrogens with one attached hydrogen (secondary N) is 1. The molecule has 4 heteroatoms. The molecule has 152 valence electrons. The molecule has 0 heterocycles. The molecule has 0 radical (unpaired) electrons. The quantitative estimate of drug-likeness (QED) is 0.695. The molecule has 0 aliphatic carbocycles. The Kier molecular flexibility index (Phi) is 7.50. The lowest BCUT2D eigenvalue weighted by Gasteiger charge is -2.22. The molecule has 0 aliphatic rings. The predicted octanol–water partition coefficient (Wildman–Crippen LogP) is 5.03. The van der Waals surface area contributed by atoms with E-state index in [0.29, 0.717) is 18.8 Å². The van der Waals surface area contributed by atoms with Gasteiger partial charge in [0.05, 0.1) is 6.04 Å². The van der Waals surface area contributed by atoms with Crippen molar-refractivity contribution >= 4 is 5.91 Å². The molecule has 2 aromatic carbocycles. The molecular formula is C24H33NO3. The van der Waals surface area contributed by atoms with E-state index in [0.717, 1.165) is 11.3 Å². The summed E-state index contributed by atoms with van der Waals surface area (Å²) in [6, 6.07) is 15.7. The number of carbonyl (C=O) groups is 1. The molecule has 0 fully saturated rings. The Morgan fingerprint density at radius 1 is 1.07 bits per heavy atom. The number of ether oxygens (including phenoxy) is 2. The van der Waals surface area contributed by atoms with Gasteiger partial charge in [-0.2, -0.15) is 0 Å². The van der Waals surface area contributed by atoms with E-state index in [1.807, 2.05) is 57.2 Å². The Labute approximate surface area is 169 Å². The molecule has 0 saturated heterocycles. The molecule has 2 rings (SSSR count). The third kappa shape index (κ3) is 6.29. The molecule has 0 saturated carbocycles. The summed E-state index contributed by atoms with van der Waals surface area (Å²) in [6.07, 6.45) is 0.0690. The van der Waals surface area contributed by atoms with Gasteiger partial charge >= 0.3 is 0 Å². The van der Waals surface area contributed by atoms with E-state index >= 15 is 0 Å². The van der Waals surface area contributed by atoms with Gasteiger partial charge in [0.1, 0.15) is 18.1 Å². The number of aryl methyl sites for hydroxylation is 1. The Balaban J connectivity index is 1.89. The van der Waals surface area contributed by atoms with E-state index in [1.165, 1.54) is 5.56 Å². The van der Waals surface area contributed by atoms with E-state index in [-0.39, 0.29) is 17.4 Å². The van der Waals surface area contributed by atoms with Crippen LogP contribution in [0.2, 0.25) is 0 Å². The molecule has 2 unspecified atom stereocenters. The highest BCUT2D eigenvalue weighted by Gasteiger charge is 2.21. The van der Waals surface area contributed by atoms with Gasteiger partial charge in [-0.3, -0.25) is 4.79 Å². The standard InChI is InChI=1S/C24H33NO3/c1-7-21(28-20-14-12-19(13-15-20)24(4,5)6)23(26)25-18(3)16-27-22-11-9-8-10-17(22)2/h8-15,18,21H,7,16H2,1-6H3,(H,25,26). The number of hydrogen-bond donors (Lipinski definition) is 1. The summed E-state index contributed by atoms with van der Waals surface area (Å²) in [5, 5.41) is 2.99. The molecule has 2 aromatic rings. The van der Waals surface area contributed by atoms with Gasteiger partial charge in [0.25, 0.3) is 5.91 Å². The maximum Gasteiger partial charge on any atom is 0.261 e. The van der Waals surface area contributed by atoms with Crippen LogP contribution in [0.15, 0.2) is 48.5 Å². The third-order valence-corrected chi connectivity index (χ3v) is 4.63. The summed E-state index contributed by atoms with van der Waals surface area (Å²) in [5.74, 6) is 1.42. The Hall–Kier alpha value is -2.49. The average molecular weight is 384 g/mol. The minimum absolute atomic E-state index is 0.0899. The first-order valence-electron chi connectivity index (χ1n) is 9.96. The summed E-state index contributed by atoms with van der Waals surface area (Å²) >= 11 is 0. The zero-order valence-corrected chi connectivity index (χ0v) is 17.9. The van der Waals surface area contributed by atoms with Crippen molar-refractivity contribution in [2.24, 2.45) is 0 Å². The van der Waals surface area contributed by atoms with Gasteiger partial charge in [-0.05, 0) is 55.0 Å². The lowest BCUT2D eigenvalue weighted by molar-refractivity contribution is -0.128. The van der Waals surface area contributed by atoms with Crippen LogP contribution in [0.5, 0.6) is 11.5 Å². The zero-order valence-electron chi connectivity index (χ0n) is 17.9. The van der Waals surface area contributed by atoms with Gasteiger partial charge in [-0.15, -0.1) is 0 Å². The minimum Gasteiger partial charge on any atom is -0.491 e. The van der Waals surface area contributed by atoms with Gasteiger partial charge in [-0.1, -0.05) is 58.0 Å². The van der Waals surface area contributed by atoms with Crippen molar-refractivity contribution in [3.63, 3.8) is 0 Å². The molecular weight excluding hydrogens is 350 g/mol. The molecule has 4 nitrogen and oxygen atoms in total. The summed E-state index contributed by atoms with van der Waals surface area (Å²) in [5.41, 5.74) is 2.40. The van der Waals surface area contributed by atoms with Gasteiger partial charge in [0, 0.05) is 0 Å². The summed E-state index contributed by atoms with van der Waals surface area (Å²) in [7, 11) is 0. The largest absolute Gasteiger partial charge is 0.491 e. The van der Waals surface area contributed by atoms with Crippen molar-refractivity contribution in [1.82, 2.24) is 5.32 Å². The van der Waals surface area contributed by atoms with Crippen molar-refractivity contribution in [2.75, 3.05) is 6.61 Å². The summed E-state index contributed by atoms with van der Waals surface area (Å²) < 4.78 is 11.7. The molecule has 0 aromatic heterocycles. The van der Waals surface area contributed by atoms with E-state index < -0.39 is 6.10 Å². The zero-order chi connectivity index (χ0) is 20.7. The minimum atomic E-state index is -0.526. The molecule has 0 aliphatic heterocycles. The van der Waals surface area contributed by atoms with Crippen molar-refractivity contribution in [3.05, 3.63) is 59.7 Å². The van der Waals surface area contributed by atoms with E-state index in [4.69, 9.17) is 9.47 Å². The lowest BCUT2D eigenvalue weighted by atomic mass is 9.87. The normalized spacial score (nSPS) is 13.5. The molecule has 1 N–H and O–H groups in total. The van der Waals surface area contributed by atoms with Crippen molar-refractivity contribution < 1.29 is 14.3 Å². The number of para-hydroxylation sites is 1. The number of carbonyl (C=O) groups excluding carboxylic acids is 1. The first kappa shape index (κ1) is 21.8. The fraction of sp³-hybridized carbons (Fsp3) is 0.458. The number of amides is 1. The summed E-state index contributed by atoms with van der Waals surface area (Å²) in [6.45, 7) is 12.8. The van der Waals surface area contributed by atoms with Crippen LogP contribution in [0, 0.1) is 6.92 Å². The molecule has 0 bridgehead atoms. The topological polar surface area (TPSA) is 47.6 Å². The Bertz CT molecular complexity index is 762. The fourth-order valence-corrected chi connectivity index (χ4v) is 2.83. The highest BCUT2D eigenvalue weighted by Crippen LogP contribution is 2.25. The number of benzene rings is 2. The van der Waals surface area contributed by atoms with E-state index in [9.17, 15) is 4.79 Å². The Morgan fingerprint density at radius 3 is 2.29 bits per heavy atom. The summed E-state index contributed by atoms with van der Waals surface area (Å²) in [4.78, 5) is 12.6. The SMILES string of the molecule is CCC(Oc1ccc(C(C)(C)C)cc1)C(=O)NC(C)COc1ccccc1C. The fourth-order valence-electron chi connectivity index (χ4n) is 2.83. The van der Waals surface area contributed by atoms with Crippen LogP contribution < -0.4 is 14.8 Å². The van der Waals surface area contributed by atoms with Crippen molar-refractivity contribution in [2.45, 2.75) is 65.5 Å². The molecule has 0 spiro atoms. The van der Waals surface area contributed by atoms with Crippen LogP contribution in [-0.2, 0) is 10.2 Å². The molecule has 28 heavy (non-hydrogen) atoms. The first-order valence-corrected chi connectivity index (χ1v) is 9.96. The van der Waals surface area contributed by atoms with Crippen LogP contribution in [0.3, 0.4) is 0 Å². The maximum atomic E-state index is 12.6. The second kappa shape index (κ2) is 9.63. The van der Waals surface area contributed by atoms with Crippen LogP contribution in [0.4, 0.5) is 0 Å². The molecule has 2 atom stereocenters. The first-order chi connectivity index (χ1) is 13.2. The predicted molar refractivity (Wildman–Crippen MR) is 114 cm³/mol. The second-order valence-corrected chi connectivity index (χ2v) is 8.28. The monoisotopic (exact) mass is 383 g/mol. The van der Waals surface area contributed by atoms with Gasteiger partial charge in [0.2, 0.25) is 0 Å². The second-order valence-electron chi connectivity index (χ2n) is 8.28. The van der Waals surface area contributed by atoms with Crippen LogP contribution in [0.25, 0.3) is 0 Å². The maximum absolute atomic E-state index is 12.6. The smallest absolute Gasteiger partial charge is 0.261 e. The number of hydrogen-bond acceptors (Lipinski definition) is 3.